The van der Waals surface area contributed by atoms with E-state index in [1.165, 1.54) is 18.2 Å². The van der Waals surface area contributed by atoms with Crippen LogP contribution in [0.4, 0.5) is 4.39 Å². The van der Waals surface area contributed by atoms with E-state index in [0.29, 0.717) is 12.1 Å². The number of halogens is 1. The maximum atomic E-state index is 13.3. The number of aromatic nitrogens is 2. The highest BCUT2D eigenvalue weighted by molar-refractivity contribution is 5.32. The van der Waals surface area contributed by atoms with Gasteiger partial charge in [-0.05, 0) is 23.6 Å². The van der Waals surface area contributed by atoms with Crippen molar-refractivity contribution in [1.29, 1.82) is 0 Å². The number of imidazole rings is 1. The highest BCUT2D eigenvalue weighted by Gasteiger charge is 2.24. The van der Waals surface area contributed by atoms with Gasteiger partial charge in [0.2, 0.25) is 0 Å². The number of hydrogen-bond donors (Lipinski definition) is 2. The smallest absolute Gasteiger partial charge is 0.123 e. The lowest BCUT2D eigenvalue weighted by molar-refractivity contribution is 0.239. The summed E-state index contributed by atoms with van der Waals surface area (Å²) in [6.07, 6.45) is 5.44. The van der Waals surface area contributed by atoms with Crippen LogP contribution in [0.15, 0.2) is 36.9 Å². The topological polar surface area (TPSA) is 50.1 Å². The zero-order valence-corrected chi connectivity index (χ0v) is 12.7. The van der Waals surface area contributed by atoms with Gasteiger partial charge in [0.1, 0.15) is 11.6 Å². The van der Waals surface area contributed by atoms with Gasteiger partial charge < -0.3 is 15.0 Å². The van der Waals surface area contributed by atoms with Gasteiger partial charge in [-0.15, -0.1) is 0 Å². The van der Waals surface area contributed by atoms with Crippen molar-refractivity contribution in [2.24, 2.45) is 5.41 Å². The summed E-state index contributed by atoms with van der Waals surface area (Å²) < 4.78 is 15.3. The molecule has 2 rings (SSSR count). The maximum absolute atomic E-state index is 13.3. The third-order valence-corrected chi connectivity index (χ3v) is 3.58. The van der Waals surface area contributed by atoms with Crippen LogP contribution >= 0.6 is 0 Å². The second kappa shape index (κ2) is 6.26. The standard InChI is InChI=1S/C16H22FN3O/c1-16(2,3)15(10-20-7-6-18-11-20)19-9-12-8-13(17)4-5-14(12)21/h4-8,11,15,19,21H,9-10H2,1-3H3. The van der Waals surface area contributed by atoms with E-state index in [1.807, 2.05) is 10.8 Å². The lowest BCUT2D eigenvalue weighted by Crippen LogP contribution is -2.43. The van der Waals surface area contributed by atoms with E-state index in [2.05, 4.69) is 31.1 Å². The molecule has 2 aromatic rings. The average Bonchev–Trinajstić information content (AvgIpc) is 2.89. The Labute approximate surface area is 124 Å². The van der Waals surface area contributed by atoms with Gasteiger partial charge in [-0.3, -0.25) is 0 Å². The molecule has 2 N–H and O–H groups in total. The molecule has 0 spiro atoms. The molecule has 0 bridgehead atoms. The van der Waals surface area contributed by atoms with Gasteiger partial charge >= 0.3 is 0 Å². The highest BCUT2D eigenvalue weighted by atomic mass is 19.1. The largest absolute Gasteiger partial charge is 0.508 e. The van der Waals surface area contributed by atoms with Crippen LogP contribution in [0, 0.1) is 11.2 Å². The first kappa shape index (κ1) is 15.5. The Hall–Kier alpha value is -1.88. The van der Waals surface area contributed by atoms with E-state index in [4.69, 9.17) is 0 Å². The number of rotatable bonds is 5. The first-order chi connectivity index (χ1) is 9.86. The molecular formula is C16H22FN3O. The summed E-state index contributed by atoms with van der Waals surface area (Å²) in [4.78, 5) is 4.05. The molecule has 0 saturated heterocycles. The van der Waals surface area contributed by atoms with Gasteiger partial charge in [0, 0.05) is 37.1 Å². The third kappa shape index (κ3) is 4.29. The van der Waals surface area contributed by atoms with E-state index in [0.717, 1.165) is 6.54 Å². The van der Waals surface area contributed by atoms with E-state index in [9.17, 15) is 9.50 Å². The minimum atomic E-state index is -0.341. The summed E-state index contributed by atoms with van der Waals surface area (Å²) in [6.45, 7) is 7.62. The number of nitrogens with one attached hydrogen (secondary N) is 1. The van der Waals surface area contributed by atoms with Crippen molar-refractivity contribution < 1.29 is 9.50 Å². The number of benzene rings is 1. The van der Waals surface area contributed by atoms with Crippen molar-refractivity contribution in [2.45, 2.75) is 39.9 Å². The zero-order valence-electron chi connectivity index (χ0n) is 12.7. The Morgan fingerprint density at radius 3 is 2.76 bits per heavy atom. The Morgan fingerprint density at radius 2 is 2.14 bits per heavy atom. The summed E-state index contributed by atoms with van der Waals surface area (Å²) in [5.74, 6) is -0.231. The zero-order chi connectivity index (χ0) is 15.5. The molecule has 4 nitrogen and oxygen atoms in total. The van der Waals surface area contributed by atoms with Gasteiger partial charge in [-0.2, -0.15) is 0 Å². The van der Waals surface area contributed by atoms with Crippen LogP contribution in [0.2, 0.25) is 0 Å². The predicted octanol–water partition coefficient (Wildman–Crippen LogP) is 2.93. The van der Waals surface area contributed by atoms with Crippen LogP contribution in [-0.2, 0) is 13.1 Å². The predicted molar refractivity (Wildman–Crippen MR) is 80.4 cm³/mol. The Bertz CT molecular complexity index is 576. The molecular weight excluding hydrogens is 269 g/mol. The van der Waals surface area contributed by atoms with Crippen molar-refractivity contribution in [3.05, 3.63) is 48.3 Å². The van der Waals surface area contributed by atoms with Crippen molar-refractivity contribution in [3.63, 3.8) is 0 Å². The summed E-state index contributed by atoms with van der Waals surface area (Å²) in [6, 6.07) is 4.16. The highest BCUT2D eigenvalue weighted by Crippen LogP contribution is 2.23. The Morgan fingerprint density at radius 1 is 1.38 bits per heavy atom. The molecule has 0 radical (unpaired) electrons. The van der Waals surface area contributed by atoms with Gasteiger partial charge in [-0.1, -0.05) is 20.8 Å². The second-order valence-electron chi connectivity index (χ2n) is 6.33. The van der Waals surface area contributed by atoms with Crippen LogP contribution in [-0.4, -0.2) is 20.7 Å². The van der Waals surface area contributed by atoms with E-state index in [1.54, 1.807) is 12.5 Å². The van der Waals surface area contributed by atoms with Crippen molar-refractivity contribution >= 4 is 0 Å². The summed E-state index contributed by atoms with van der Waals surface area (Å²) in [5.41, 5.74) is 0.586. The monoisotopic (exact) mass is 291 g/mol. The maximum Gasteiger partial charge on any atom is 0.123 e. The molecule has 1 heterocycles. The molecule has 1 atom stereocenters. The van der Waals surface area contributed by atoms with Crippen LogP contribution in [0.25, 0.3) is 0 Å². The fourth-order valence-corrected chi connectivity index (χ4v) is 2.18. The molecule has 0 aliphatic carbocycles. The lowest BCUT2D eigenvalue weighted by Gasteiger charge is -2.32. The van der Waals surface area contributed by atoms with Crippen molar-refractivity contribution in [2.75, 3.05) is 0 Å². The van der Waals surface area contributed by atoms with Crippen LogP contribution in [0.1, 0.15) is 26.3 Å². The number of phenolic OH excluding ortho intramolecular Hbond substituents is 1. The minimum absolute atomic E-state index is 0.0210. The van der Waals surface area contributed by atoms with Crippen LogP contribution in [0.5, 0.6) is 5.75 Å². The number of aromatic hydroxyl groups is 1. The molecule has 21 heavy (non-hydrogen) atoms. The molecule has 0 aliphatic rings. The quantitative estimate of drug-likeness (QED) is 0.890. The van der Waals surface area contributed by atoms with Gasteiger partial charge in [0.25, 0.3) is 0 Å². The first-order valence-electron chi connectivity index (χ1n) is 7.03. The third-order valence-electron chi connectivity index (χ3n) is 3.58. The Kier molecular flexibility index (Phi) is 4.63. The molecule has 0 amide bonds. The summed E-state index contributed by atoms with van der Waals surface area (Å²) in [7, 11) is 0. The number of nitrogens with zero attached hydrogens (tertiary/aromatic N) is 2. The van der Waals surface area contributed by atoms with Gasteiger partial charge in [0.15, 0.2) is 0 Å². The van der Waals surface area contributed by atoms with Gasteiger partial charge in [0.05, 0.1) is 6.33 Å². The van der Waals surface area contributed by atoms with Crippen molar-refractivity contribution in [1.82, 2.24) is 14.9 Å². The average molecular weight is 291 g/mol. The van der Waals surface area contributed by atoms with E-state index in [-0.39, 0.29) is 23.0 Å². The van der Waals surface area contributed by atoms with Crippen LogP contribution in [0.3, 0.4) is 0 Å². The fraction of sp³-hybridized carbons (Fsp3) is 0.438. The molecule has 5 heteroatoms. The van der Waals surface area contributed by atoms with Crippen LogP contribution < -0.4 is 5.32 Å². The normalized spacial score (nSPS) is 13.3. The Balaban J connectivity index is 2.07. The number of hydrogen-bond acceptors (Lipinski definition) is 3. The molecule has 0 saturated carbocycles. The minimum Gasteiger partial charge on any atom is -0.508 e. The molecule has 0 aliphatic heterocycles. The molecule has 0 fully saturated rings. The van der Waals surface area contributed by atoms with E-state index < -0.39 is 0 Å². The fourth-order valence-electron chi connectivity index (χ4n) is 2.18. The molecule has 1 aromatic carbocycles. The molecule has 1 unspecified atom stereocenters. The summed E-state index contributed by atoms with van der Waals surface area (Å²) in [5, 5.41) is 13.2. The SMILES string of the molecule is CC(C)(C)C(Cn1ccnc1)NCc1cc(F)ccc1O. The molecule has 114 valence electrons. The first-order valence-corrected chi connectivity index (χ1v) is 7.03. The van der Waals surface area contributed by atoms with Gasteiger partial charge in [-0.25, -0.2) is 9.37 Å². The summed E-state index contributed by atoms with van der Waals surface area (Å²) >= 11 is 0. The van der Waals surface area contributed by atoms with E-state index >= 15 is 0 Å². The lowest BCUT2D eigenvalue weighted by atomic mass is 9.86. The molecule has 1 aromatic heterocycles. The van der Waals surface area contributed by atoms with Crippen molar-refractivity contribution in [3.8, 4) is 5.75 Å². The second-order valence-corrected chi connectivity index (χ2v) is 6.33. The number of phenols is 1.